The van der Waals surface area contributed by atoms with Crippen LogP contribution >= 0.6 is 0 Å². The Morgan fingerprint density at radius 3 is 2.67 bits per heavy atom. The molecule has 4 rings (SSSR count). The van der Waals surface area contributed by atoms with Crippen molar-refractivity contribution >= 4 is 29.6 Å². The van der Waals surface area contributed by atoms with Gasteiger partial charge in [0, 0.05) is 49.7 Å². The van der Waals surface area contributed by atoms with Crippen LogP contribution in [-0.2, 0) is 18.2 Å². The van der Waals surface area contributed by atoms with Gasteiger partial charge in [-0.15, -0.1) is 0 Å². The Morgan fingerprint density at radius 1 is 1.15 bits per heavy atom. The molecule has 7 heteroatoms. The lowest BCUT2D eigenvalue weighted by molar-refractivity contribution is 0.122. The number of hydrogen-bond acceptors (Lipinski definition) is 5. The van der Waals surface area contributed by atoms with Crippen LogP contribution in [0.15, 0.2) is 30.5 Å². The third-order valence-corrected chi connectivity index (χ3v) is 5.13. The van der Waals surface area contributed by atoms with Crippen molar-refractivity contribution < 1.29 is 4.74 Å². The number of aromatic nitrogens is 4. The molecule has 0 spiro atoms. The van der Waals surface area contributed by atoms with E-state index in [0.29, 0.717) is 0 Å². The standard InChI is InChI=1S/C20H25BN5O/c1-14(12-18-23-17(21-2)13-25(18)3)19-22-16-7-5-4-6-15(16)20(24-19)26-8-10-27-11-9-26/h4-7,13-14H,8-12H2,1-3H3. The van der Waals surface area contributed by atoms with E-state index in [9.17, 15) is 0 Å². The molecule has 6 nitrogen and oxygen atoms in total. The maximum Gasteiger partial charge on any atom is 0.176 e. The molecule has 1 aliphatic heterocycles. The molecule has 1 aliphatic rings. The van der Waals surface area contributed by atoms with Gasteiger partial charge in [-0.1, -0.05) is 25.9 Å². The summed E-state index contributed by atoms with van der Waals surface area (Å²) >= 11 is 0. The third-order valence-electron chi connectivity index (χ3n) is 5.13. The number of imidazole rings is 1. The van der Waals surface area contributed by atoms with Gasteiger partial charge in [0.25, 0.3) is 0 Å². The molecular formula is C20H25BN5O. The molecule has 1 aromatic carbocycles. The molecule has 1 atom stereocenters. The van der Waals surface area contributed by atoms with Gasteiger partial charge < -0.3 is 14.2 Å². The van der Waals surface area contributed by atoms with Crippen molar-refractivity contribution in [3.05, 3.63) is 42.1 Å². The molecule has 3 heterocycles. The number of morpholine rings is 1. The highest BCUT2D eigenvalue weighted by molar-refractivity contribution is 6.50. The first kappa shape index (κ1) is 18.0. The van der Waals surface area contributed by atoms with Gasteiger partial charge in [-0.25, -0.2) is 15.0 Å². The van der Waals surface area contributed by atoms with Gasteiger partial charge >= 0.3 is 0 Å². The minimum absolute atomic E-state index is 0.181. The minimum Gasteiger partial charge on any atom is -0.378 e. The second-order valence-electron chi connectivity index (χ2n) is 7.11. The van der Waals surface area contributed by atoms with E-state index in [0.717, 1.165) is 66.7 Å². The number of ether oxygens (including phenoxy) is 1. The summed E-state index contributed by atoms with van der Waals surface area (Å²) in [4.78, 5) is 16.9. The molecule has 0 amide bonds. The van der Waals surface area contributed by atoms with Crippen LogP contribution in [0.2, 0.25) is 6.82 Å². The van der Waals surface area contributed by atoms with Crippen LogP contribution in [0.25, 0.3) is 10.9 Å². The number of hydrogen-bond donors (Lipinski definition) is 0. The van der Waals surface area contributed by atoms with Crippen LogP contribution in [-0.4, -0.2) is 53.1 Å². The lowest BCUT2D eigenvalue weighted by atomic mass is 9.79. The van der Waals surface area contributed by atoms with Crippen molar-refractivity contribution in [1.29, 1.82) is 0 Å². The molecule has 1 fully saturated rings. The average molecular weight is 362 g/mol. The van der Waals surface area contributed by atoms with Gasteiger partial charge in [-0.3, -0.25) is 0 Å². The number of para-hydroxylation sites is 1. The van der Waals surface area contributed by atoms with Crippen molar-refractivity contribution in [2.75, 3.05) is 31.2 Å². The SMILES string of the molecule is C[B]c1cn(C)c(CC(C)c2nc(N3CCOCC3)c3ccccc3n2)n1. The zero-order chi connectivity index (χ0) is 18.8. The van der Waals surface area contributed by atoms with Gasteiger partial charge in [0.15, 0.2) is 7.28 Å². The summed E-state index contributed by atoms with van der Waals surface area (Å²) in [5.74, 6) is 3.13. The molecule has 3 aromatic rings. The van der Waals surface area contributed by atoms with Crippen molar-refractivity contribution in [2.45, 2.75) is 26.1 Å². The molecule has 1 saturated heterocycles. The molecular weight excluding hydrogens is 337 g/mol. The van der Waals surface area contributed by atoms with Crippen molar-refractivity contribution in [1.82, 2.24) is 19.5 Å². The Kier molecular flexibility index (Phi) is 5.12. The molecule has 139 valence electrons. The van der Waals surface area contributed by atoms with E-state index in [-0.39, 0.29) is 5.92 Å². The van der Waals surface area contributed by atoms with Crippen LogP contribution in [0.3, 0.4) is 0 Å². The topological polar surface area (TPSA) is 56.1 Å². The number of anilines is 1. The van der Waals surface area contributed by atoms with Crippen LogP contribution in [0.5, 0.6) is 0 Å². The van der Waals surface area contributed by atoms with Gasteiger partial charge in [0.2, 0.25) is 0 Å². The molecule has 0 saturated carbocycles. The van der Waals surface area contributed by atoms with Gasteiger partial charge in [-0.05, 0) is 12.1 Å². The normalized spacial score (nSPS) is 15.9. The quantitative estimate of drug-likeness (QED) is 0.649. The van der Waals surface area contributed by atoms with E-state index < -0.39 is 0 Å². The van der Waals surface area contributed by atoms with Crippen LogP contribution in [0.4, 0.5) is 5.82 Å². The number of benzene rings is 1. The molecule has 1 unspecified atom stereocenters. The van der Waals surface area contributed by atoms with Gasteiger partial charge in [0.05, 0.1) is 18.7 Å². The average Bonchev–Trinajstić information content (AvgIpc) is 3.07. The Balaban J connectivity index is 1.69. The molecule has 0 bridgehead atoms. The maximum absolute atomic E-state index is 5.52. The summed E-state index contributed by atoms with van der Waals surface area (Å²) in [6.45, 7) is 7.40. The van der Waals surface area contributed by atoms with Crippen LogP contribution < -0.4 is 10.5 Å². The Morgan fingerprint density at radius 2 is 1.93 bits per heavy atom. The van der Waals surface area contributed by atoms with Gasteiger partial charge in [-0.2, -0.15) is 0 Å². The van der Waals surface area contributed by atoms with E-state index in [4.69, 9.17) is 19.7 Å². The fourth-order valence-corrected chi connectivity index (χ4v) is 3.54. The van der Waals surface area contributed by atoms with Crippen LogP contribution in [0, 0.1) is 0 Å². The van der Waals surface area contributed by atoms with E-state index in [1.807, 2.05) is 27.2 Å². The fraction of sp³-hybridized carbons (Fsp3) is 0.450. The summed E-state index contributed by atoms with van der Waals surface area (Å²) in [5.41, 5.74) is 2.01. The third kappa shape index (κ3) is 3.69. The van der Waals surface area contributed by atoms with Crippen LogP contribution in [0.1, 0.15) is 24.5 Å². The first-order chi connectivity index (χ1) is 13.2. The molecule has 27 heavy (non-hydrogen) atoms. The number of aryl methyl sites for hydroxylation is 1. The number of rotatable bonds is 5. The highest BCUT2D eigenvalue weighted by atomic mass is 16.5. The van der Waals surface area contributed by atoms with Crippen molar-refractivity contribution in [2.24, 2.45) is 7.05 Å². The lowest BCUT2D eigenvalue weighted by Crippen LogP contribution is -2.37. The minimum atomic E-state index is 0.181. The Bertz CT molecular complexity index is 935. The molecule has 2 aromatic heterocycles. The first-order valence-electron chi connectivity index (χ1n) is 9.56. The zero-order valence-electron chi connectivity index (χ0n) is 16.2. The summed E-state index contributed by atoms with van der Waals surface area (Å²) in [6, 6.07) is 8.27. The monoisotopic (exact) mass is 362 g/mol. The predicted octanol–water partition coefficient (Wildman–Crippen LogP) is 1.92. The largest absolute Gasteiger partial charge is 0.378 e. The van der Waals surface area contributed by atoms with E-state index >= 15 is 0 Å². The van der Waals surface area contributed by atoms with Crippen molar-refractivity contribution in [3.8, 4) is 0 Å². The van der Waals surface area contributed by atoms with E-state index in [1.165, 1.54) is 0 Å². The molecule has 0 aliphatic carbocycles. The van der Waals surface area contributed by atoms with E-state index in [2.05, 4.69) is 40.8 Å². The Labute approximate surface area is 160 Å². The summed E-state index contributed by atoms with van der Waals surface area (Å²) in [6.07, 6.45) is 2.87. The number of nitrogens with zero attached hydrogens (tertiary/aromatic N) is 5. The highest BCUT2D eigenvalue weighted by Crippen LogP contribution is 2.27. The summed E-state index contributed by atoms with van der Waals surface area (Å²) in [7, 11) is 4.07. The molecule has 1 radical (unpaired) electrons. The van der Waals surface area contributed by atoms with Crippen molar-refractivity contribution in [3.63, 3.8) is 0 Å². The maximum atomic E-state index is 5.52. The lowest BCUT2D eigenvalue weighted by Gasteiger charge is -2.29. The highest BCUT2D eigenvalue weighted by Gasteiger charge is 2.20. The second kappa shape index (κ2) is 7.68. The van der Waals surface area contributed by atoms with E-state index in [1.54, 1.807) is 0 Å². The second-order valence-corrected chi connectivity index (χ2v) is 7.11. The Hall–Kier alpha value is -2.41. The van der Waals surface area contributed by atoms with Gasteiger partial charge in [0.1, 0.15) is 17.5 Å². The summed E-state index contributed by atoms with van der Waals surface area (Å²) in [5, 5.41) is 1.11. The predicted molar refractivity (Wildman–Crippen MR) is 109 cm³/mol. The fourth-order valence-electron chi connectivity index (χ4n) is 3.54. The first-order valence-corrected chi connectivity index (χ1v) is 9.56. The molecule has 0 N–H and O–H groups in total. The summed E-state index contributed by atoms with van der Waals surface area (Å²) < 4.78 is 7.61. The number of fused-ring (bicyclic) bond motifs is 1. The smallest absolute Gasteiger partial charge is 0.176 e. The zero-order valence-corrected chi connectivity index (χ0v) is 16.2.